The zero-order valence-corrected chi connectivity index (χ0v) is 13.4. The van der Waals surface area contributed by atoms with Crippen molar-refractivity contribution in [2.75, 3.05) is 19.7 Å². The minimum absolute atomic E-state index is 0.00107. The van der Waals surface area contributed by atoms with Gasteiger partial charge >= 0.3 is 5.97 Å². The zero-order valence-electron chi connectivity index (χ0n) is 11.8. The highest BCUT2D eigenvalue weighted by Gasteiger charge is 2.36. The van der Waals surface area contributed by atoms with Crippen molar-refractivity contribution in [1.82, 2.24) is 4.90 Å². The largest absolute Gasteiger partial charge is 0.493 e. The van der Waals surface area contributed by atoms with E-state index in [1.165, 1.54) is 0 Å². The van der Waals surface area contributed by atoms with Crippen LogP contribution in [0, 0.1) is 11.8 Å². The molecule has 2 rings (SSSR count). The third-order valence-corrected chi connectivity index (χ3v) is 4.21. The van der Waals surface area contributed by atoms with Gasteiger partial charge in [0.2, 0.25) is 5.91 Å². The Hall–Kier alpha value is -1.56. The van der Waals surface area contributed by atoms with Crippen LogP contribution in [0.25, 0.3) is 0 Å². The number of amides is 1. The Morgan fingerprint density at radius 3 is 2.57 bits per heavy atom. The average Bonchev–Trinajstić information content (AvgIpc) is 2.83. The van der Waals surface area contributed by atoms with E-state index in [1.807, 2.05) is 31.2 Å². The first-order valence-electron chi connectivity index (χ1n) is 6.86. The van der Waals surface area contributed by atoms with Gasteiger partial charge in [-0.15, -0.1) is 0 Å². The van der Waals surface area contributed by atoms with Crippen LogP contribution in [0.3, 0.4) is 0 Å². The summed E-state index contributed by atoms with van der Waals surface area (Å²) in [5, 5.41) is 9.06. The summed E-state index contributed by atoms with van der Waals surface area (Å²) in [6, 6.07) is 7.40. The maximum atomic E-state index is 12.0. The lowest BCUT2D eigenvalue weighted by molar-refractivity contribution is -0.142. The van der Waals surface area contributed by atoms with Crippen LogP contribution in [0.15, 0.2) is 28.7 Å². The van der Waals surface area contributed by atoms with Gasteiger partial charge in [-0.2, -0.15) is 0 Å². The Bertz CT molecular complexity index is 517. The SMILES string of the molecule is CC1CN(C(=O)CCOc2ccc(Br)cc2)CC1C(=O)O. The predicted octanol–water partition coefficient (Wildman–Crippen LogP) is 2.40. The summed E-state index contributed by atoms with van der Waals surface area (Å²) in [6.07, 6.45) is 0.259. The standard InChI is InChI=1S/C15H18BrNO4/c1-10-8-17(9-13(10)15(19)20)14(18)6-7-21-12-4-2-11(16)3-5-12/h2-5,10,13H,6-9H2,1H3,(H,19,20). The topological polar surface area (TPSA) is 66.8 Å². The number of carbonyl (C=O) groups is 2. The van der Waals surface area contributed by atoms with Gasteiger partial charge < -0.3 is 14.7 Å². The molecule has 0 saturated carbocycles. The Morgan fingerprint density at radius 1 is 1.33 bits per heavy atom. The van der Waals surface area contributed by atoms with E-state index in [0.717, 1.165) is 4.47 Å². The Balaban J connectivity index is 1.77. The molecule has 0 bridgehead atoms. The minimum Gasteiger partial charge on any atom is -0.493 e. The van der Waals surface area contributed by atoms with Gasteiger partial charge in [0.15, 0.2) is 0 Å². The van der Waals surface area contributed by atoms with Crippen molar-refractivity contribution in [2.24, 2.45) is 11.8 Å². The molecule has 0 spiro atoms. The molecule has 2 atom stereocenters. The molecule has 1 aliphatic rings. The smallest absolute Gasteiger partial charge is 0.308 e. The number of rotatable bonds is 5. The van der Waals surface area contributed by atoms with E-state index >= 15 is 0 Å². The third-order valence-electron chi connectivity index (χ3n) is 3.68. The molecule has 1 saturated heterocycles. The second-order valence-electron chi connectivity index (χ2n) is 5.27. The van der Waals surface area contributed by atoms with Crippen molar-refractivity contribution in [3.05, 3.63) is 28.7 Å². The number of carboxylic acid groups (broad SMARTS) is 1. The monoisotopic (exact) mass is 355 g/mol. The van der Waals surface area contributed by atoms with Gasteiger partial charge in [-0.05, 0) is 30.2 Å². The van der Waals surface area contributed by atoms with Crippen LogP contribution < -0.4 is 4.74 Å². The normalized spacial score (nSPS) is 21.3. The van der Waals surface area contributed by atoms with E-state index in [4.69, 9.17) is 9.84 Å². The van der Waals surface area contributed by atoms with Crippen LogP contribution in [0.2, 0.25) is 0 Å². The molecule has 5 nitrogen and oxygen atoms in total. The van der Waals surface area contributed by atoms with E-state index in [-0.39, 0.29) is 18.2 Å². The van der Waals surface area contributed by atoms with E-state index in [9.17, 15) is 9.59 Å². The zero-order chi connectivity index (χ0) is 15.4. The summed E-state index contributed by atoms with van der Waals surface area (Å²) in [7, 11) is 0. The molecule has 2 unspecified atom stereocenters. The number of halogens is 1. The van der Waals surface area contributed by atoms with Crippen molar-refractivity contribution < 1.29 is 19.4 Å². The molecule has 1 fully saturated rings. The molecular formula is C15H18BrNO4. The Morgan fingerprint density at radius 2 is 2.00 bits per heavy atom. The highest BCUT2D eigenvalue weighted by atomic mass is 79.9. The fourth-order valence-electron chi connectivity index (χ4n) is 2.44. The molecular weight excluding hydrogens is 338 g/mol. The number of hydrogen-bond acceptors (Lipinski definition) is 3. The predicted molar refractivity (Wildman–Crippen MR) is 81.1 cm³/mol. The molecule has 1 aromatic rings. The molecule has 1 aliphatic heterocycles. The maximum Gasteiger partial charge on any atom is 0.308 e. The molecule has 0 aliphatic carbocycles. The van der Waals surface area contributed by atoms with Crippen LogP contribution in [-0.4, -0.2) is 41.6 Å². The van der Waals surface area contributed by atoms with Crippen LogP contribution in [-0.2, 0) is 9.59 Å². The van der Waals surface area contributed by atoms with Gasteiger partial charge in [-0.25, -0.2) is 0 Å². The van der Waals surface area contributed by atoms with Gasteiger partial charge in [0, 0.05) is 17.6 Å². The average molecular weight is 356 g/mol. The fourth-order valence-corrected chi connectivity index (χ4v) is 2.70. The van der Waals surface area contributed by atoms with Gasteiger partial charge in [0.1, 0.15) is 5.75 Å². The van der Waals surface area contributed by atoms with Crippen molar-refractivity contribution in [3.8, 4) is 5.75 Å². The lowest BCUT2D eigenvalue weighted by Crippen LogP contribution is -2.30. The second kappa shape index (κ2) is 6.93. The van der Waals surface area contributed by atoms with Gasteiger partial charge in [-0.1, -0.05) is 22.9 Å². The number of carbonyl (C=O) groups excluding carboxylic acids is 1. The highest BCUT2D eigenvalue weighted by molar-refractivity contribution is 9.10. The molecule has 1 aromatic carbocycles. The Labute approximate surface area is 132 Å². The Kier molecular flexibility index (Phi) is 5.22. The van der Waals surface area contributed by atoms with E-state index in [1.54, 1.807) is 4.90 Å². The molecule has 1 heterocycles. The number of hydrogen-bond donors (Lipinski definition) is 1. The first-order chi connectivity index (χ1) is 9.97. The van der Waals surface area contributed by atoms with Crippen molar-refractivity contribution in [3.63, 3.8) is 0 Å². The van der Waals surface area contributed by atoms with E-state index < -0.39 is 11.9 Å². The number of aliphatic carboxylic acids is 1. The summed E-state index contributed by atoms with van der Waals surface area (Å²) in [5.41, 5.74) is 0. The molecule has 1 amide bonds. The number of nitrogens with zero attached hydrogens (tertiary/aromatic N) is 1. The van der Waals surface area contributed by atoms with Crippen LogP contribution in [0.5, 0.6) is 5.75 Å². The molecule has 0 aromatic heterocycles. The lowest BCUT2D eigenvalue weighted by atomic mass is 9.99. The van der Waals surface area contributed by atoms with Crippen molar-refractivity contribution in [2.45, 2.75) is 13.3 Å². The van der Waals surface area contributed by atoms with E-state index in [2.05, 4.69) is 15.9 Å². The van der Waals surface area contributed by atoms with E-state index in [0.29, 0.717) is 25.4 Å². The molecule has 1 N–H and O–H groups in total. The summed E-state index contributed by atoms with van der Waals surface area (Å²) in [5.74, 6) is -0.629. The number of ether oxygens (including phenoxy) is 1. The first-order valence-corrected chi connectivity index (χ1v) is 7.65. The van der Waals surface area contributed by atoms with Crippen LogP contribution >= 0.6 is 15.9 Å². The first kappa shape index (κ1) is 15.8. The number of carboxylic acids is 1. The molecule has 6 heteroatoms. The van der Waals surface area contributed by atoms with Crippen molar-refractivity contribution in [1.29, 1.82) is 0 Å². The lowest BCUT2D eigenvalue weighted by Gasteiger charge is -2.16. The highest BCUT2D eigenvalue weighted by Crippen LogP contribution is 2.23. The molecule has 21 heavy (non-hydrogen) atoms. The van der Waals surface area contributed by atoms with Gasteiger partial charge in [0.05, 0.1) is 18.9 Å². The summed E-state index contributed by atoms with van der Waals surface area (Å²) >= 11 is 3.34. The number of likely N-dealkylation sites (tertiary alicyclic amines) is 1. The van der Waals surface area contributed by atoms with Gasteiger partial charge in [-0.3, -0.25) is 9.59 Å². The summed E-state index contributed by atoms with van der Waals surface area (Å²) < 4.78 is 6.48. The minimum atomic E-state index is -0.830. The van der Waals surface area contributed by atoms with Gasteiger partial charge in [0.25, 0.3) is 0 Å². The second-order valence-corrected chi connectivity index (χ2v) is 6.19. The van der Waals surface area contributed by atoms with Crippen LogP contribution in [0.1, 0.15) is 13.3 Å². The van der Waals surface area contributed by atoms with Crippen molar-refractivity contribution >= 4 is 27.8 Å². The molecule has 0 radical (unpaired) electrons. The summed E-state index contributed by atoms with van der Waals surface area (Å²) in [6.45, 7) is 2.97. The number of benzene rings is 1. The molecule has 114 valence electrons. The van der Waals surface area contributed by atoms with Crippen LogP contribution in [0.4, 0.5) is 0 Å². The summed E-state index contributed by atoms with van der Waals surface area (Å²) in [4.78, 5) is 24.7. The third kappa shape index (κ3) is 4.20. The fraction of sp³-hybridized carbons (Fsp3) is 0.467. The maximum absolute atomic E-state index is 12.0. The quantitative estimate of drug-likeness (QED) is 0.880.